The molecule has 2 heterocycles. The van der Waals surface area contributed by atoms with E-state index >= 15 is 0 Å². The highest BCUT2D eigenvalue weighted by molar-refractivity contribution is 7.21. The zero-order valence-corrected chi connectivity index (χ0v) is 14.7. The minimum Gasteiger partial charge on any atom is -0.497 e. The Morgan fingerprint density at radius 2 is 1.92 bits per heavy atom. The van der Waals surface area contributed by atoms with Crippen molar-refractivity contribution in [2.45, 2.75) is 0 Å². The van der Waals surface area contributed by atoms with E-state index in [1.54, 1.807) is 31.5 Å². The van der Waals surface area contributed by atoms with Crippen molar-refractivity contribution in [3.05, 3.63) is 66.6 Å². The number of hydrogen-bond donors (Lipinski definition) is 1. The van der Waals surface area contributed by atoms with Crippen molar-refractivity contribution < 1.29 is 9.53 Å². The van der Waals surface area contributed by atoms with Crippen LogP contribution in [0, 0.1) is 0 Å². The number of amides is 1. The first-order chi connectivity index (χ1) is 12.7. The minimum atomic E-state index is -0.347. The van der Waals surface area contributed by atoms with Gasteiger partial charge in [0.2, 0.25) is 0 Å². The molecule has 2 aromatic carbocycles. The highest BCUT2D eigenvalue weighted by atomic mass is 32.1. The molecule has 0 saturated heterocycles. The molecule has 0 spiro atoms. The fraction of sp³-hybridized carbons (Fsp3) is 0.0526. The lowest BCUT2D eigenvalue weighted by atomic mass is 10.2. The van der Waals surface area contributed by atoms with Crippen LogP contribution in [0.2, 0.25) is 0 Å². The Balaban J connectivity index is 1.69. The van der Waals surface area contributed by atoms with Crippen molar-refractivity contribution in [1.82, 2.24) is 15.0 Å². The van der Waals surface area contributed by atoms with Gasteiger partial charge in [0.25, 0.3) is 5.91 Å². The zero-order valence-electron chi connectivity index (χ0n) is 13.8. The number of carbonyl (C=O) groups excluding carboxylic acids is 1. The van der Waals surface area contributed by atoms with Gasteiger partial charge in [-0.3, -0.25) is 4.79 Å². The number of hydrogen-bond acceptors (Lipinski definition) is 6. The first-order valence-corrected chi connectivity index (χ1v) is 8.68. The van der Waals surface area contributed by atoms with Crippen LogP contribution in [0.15, 0.2) is 60.9 Å². The number of anilines is 1. The number of carbonyl (C=O) groups is 1. The summed E-state index contributed by atoms with van der Waals surface area (Å²) in [5.74, 6) is 0.314. The number of nitrogens with one attached hydrogen (secondary N) is 1. The van der Waals surface area contributed by atoms with Crippen molar-refractivity contribution in [3.8, 4) is 16.5 Å². The van der Waals surface area contributed by atoms with Crippen molar-refractivity contribution in [2.24, 2.45) is 0 Å². The van der Waals surface area contributed by atoms with E-state index in [0.29, 0.717) is 22.1 Å². The van der Waals surface area contributed by atoms with Crippen LogP contribution in [0.25, 0.3) is 20.9 Å². The summed E-state index contributed by atoms with van der Waals surface area (Å²) in [5, 5.41) is 3.49. The predicted octanol–water partition coefficient (Wildman–Crippen LogP) is 4.01. The minimum absolute atomic E-state index is 0.231. The molecular weight excluding hydrogens is 348 g/mol. The number of thiazole rings is 1. The maximum atomic E-state index is 12.7. The average Bonchev–Trinajstić information content (AvgIpc) is 3.12. The fourth-order valence-electron chi connectivity index (χ4n) is 2.53. The molecule has 0 saturated carbocycles. The molecule has 0 aliphatic heterocycles. The van der Waals surface area contributed by atoms with Crippen molar-refractivity contribution in [1.29, 1.82) is 0 Å². The summed E-state index contributed by atoms with van der Waals surface area (Å²) in [7, 11) is 1.58. The Labute approximate surface area is 153 Å². The lowest BCUT2D eigenvalue weighted by Gasteiger charge is -2.08. The zero-order chi connectivity index (χ0) is 17.9. The number of para-hydroxylation sites is 1. The van der Waals surface area contributed by atoms with Crippen LogP contribution in [0.5, 0.6) is 5.75 Å². The second-order valence-corrected chi connectivity index (χ2v) is 6.46. The van der Waals surface area contributed by atoms with Crippen LogP contribution in [0.3, 0.4) is 0 Å². The van der Waals surface area contributed by atoms with Gasteiger partial charge in [-0.15, -0.1) is 11.3 Å². The van der Waals surface area contributed by atoms with Crippen LogP contribution in [-0.4, -0.2) is 28.0 Å². The van der Waals surface area contributed by atoms with Crippen LogP contribution in [0.4, 0.5) is 5.69 Å². The Morgan fingerprint density at radius 3 is 2.77 bits per heavy atom. The Bertz CT molecular complexity index is 1060. The topological polar surface area (TPSA) is 77.0 Å². The first-order valence-electron chi connectivity index (χ1n) is 7.87. The average molecular weight is 362 g/mol. The van der Waals surface area contributed by atoms with Gasteiger partial charge in [-0.25, -0.2) is 15.0 Å². The maximum absolute atomic E-state index is 12.7. The third-order valence-electron chi connectivity index (χ3n) is 3.74. The lowest BCUT2D eigenvalue weighted by Crippen LogP contribution is -2.15. The molecular formula is C19H14N4O2S. The predicted molar refractivity (Wildman–Crippen MR) is 102 cm³/mol. The van der Waals surface area contributed by atoms with E-state index in [1.807, 2.05) is 30.3 Å². The molecule has 26 heavy (non-hydrogen) atoms. The Morgan fingerprint density at radius 1 is 1.08 bits per heavy atom. The van der Waals surface area contributed by atoms with E-state index in [2.05, 4.69) is 20.3 Å². The van der Waals surface area contributed by atoms with Gasteiger partial charge in [0.15, 0.2) is 5.69 Å². The fourth-order valence-corrected chi connectivity index (χ4v) is 3.49. The third kappa shape index (κ3) is 3.12. The number of methoxy groups -OCH3 is 1. The molecule has 4 aromatic rings. The van der Waals surface area contributed by atoms with Crippen LogP contribution < -0.4 is 10.1 Å². The molecule has 4 rings (SSSR count). The molecule has 6 nitrogen and oxygen atoms in total. The number of benzene rings is 2. The van der Waals surface area contributed by atoms with Crippen LogP contribution in [-0.2, 0) is 0 Å². The van der Waals surface area contributed by atoms with E-state index in [0.717, 1.165) is 10.2 Å². The number of ether oxygens (including phenoxy) is 1. The monoisotopic (exact) mass is 362 g/mol. The van der Waals surface area contributed by atoms with E-state index in [4.69, 9.17) is 4.74 Å². The number of fused-ring (bicyclic) bond motifs is 1. The molecule has 1 amide bonds. The van der Waals surface area contributed by atoms with Crippen LogP contribution in [0.1, 0.15) is 10.5 Å². The largest absolute Gasteiger partial charge is 0.497 e. The molecule has 1 N–H and O–H groups in total. The molecule has 0 radical (unpaired) electrons. The van der Waals surface area contributed by atoms with E-state index in [1.165, 1.54) is 17.5 Å². The summed E-state index contributed by atoms with van der Waals surface area (Å²) in [6.07, 6.45) is 3.06. The summed E-state index contributed by atoms with van der Waals surface area (Å²) in [6.45, 7) is 0. The quantitative estimate of drug-likeness (QED) is 0.593. The highest BCUT2D eigenvalue weighted by Crippen LogP contribution is 2.30. The summed E-state index contributed by atoms with van der Waals surface area (Å²) in [5.41, 5.74) is 2.19. The Kier molecular flexibility index (Phi) is 4.28. The van der Waals surface area contributed by atoms with Gasteiger partial charge in [-0.1, -0.05) is 18.2 Å². The standard InChI is InChI=1S/C19H14N4O2S/c1-25-13-6-4-5-12(11-13)22-18(24)16-17(21-10-9-20-16)19-23-14-7-2-3-8-15(14)26-19/h2-11H,1H3,(H,22,24). The smallest absolute Gasteiger partial charge is 0.276 e. The summed E-state index contributed by atoms with van der Waals surface area (Å²) < 4.78 is 6.22. The molecule has 128 valence electrons. The molecule has 2 aromatic heterocycles. The SMILES string of the molecule is COc1cccc(NC(=O)c2nccnc2-c2nc3ccccc3s2)c1. The first kappa shape index (κ1) is 16.2. The summed E-state index contributed by atoms with van der Waals surface area (Å²) in [4.78, 5) is 25.9. The van der Waals surface area contributed by atoms with E-state index < -0.39 is 0 Å². The molecule has 0 fully saturated rings. The van der Waals surface area contributed by atoms with Gasteiger partial charge in [0.05, 0.1) is 17.3 Å². The molecule has 0 bridgehead atoms. The second kappa shape index (κ2) is 6.89. The molecule has 7 heteroatoms. The highest BCUT2D eigenvalue weighted by Gasteiger charge is 2.19. The van der Waals surface area contributed by atoms with E-state index in [9.17, 15) is 4.79 Å². The molecule has 0 aliphatic rings. The molecule has 0 aliphatic carbocycles. The van der Waals surface area contributed by atoms with Gasteiger partial charge >= 0.3 is 0 Å². The van der Waals surface area contributed by atoms with Crippen molar-refractivity contribution in [3.63, 3.8) is 0 Å². The van der Waals surface area contributed by atoms with Crippen molar-refractivity contribution >= 4 is 33.1 Å². The maximum Gasteiger partial charge on any atom is 0.276 e. The molecule has 0 atom stereocenters. The normalized spacial score (nSPS) is 10.7. The number of aromatic nitrogens is 3. The van der Waals surface area contributed by atoms with E-state index in [-0.39, 0.29) is 11.6 Å². The number of rotatable bonds is 4. The van der Waals surface area contributed by atoms with Gasteiger partial charge in [0, 0.05) is 24.1 Å². The third-order valence-corrected chi connectivity index (χ3v) is 4.78. The summed E-state index contributed by atoms with van der Waals surface area (Å²) in [6, 6.07) is 14.9. The van der Waals surface area contributed by atoms with Crippen molar-refractivity contribution in [2.75, 3.05) is 12.4 Å². The van der Waals surface area contributed by atoms with Gasteiger partial charge in [-0.2, -0.15) is 0 Å². The summed E-state index contributed by atoms with van der Waals surface area (Å²) >= 11 is 1.48. The van der Waals surface area contributed by atoms with Gasteiger partial charge < -0.3 is 10.1 Å². The lowest BCUT2D eigenvalue weighted by molar-refractivity contribution is 0.102. The van der Waals surface area contributed by atoms with Crippen LogP contribution >= 0.6 is 11.3 Å². The number of nitrogens with zero attached hydrogens (tertiary/aromatic N) is 3. The molecule has 0 unspecified atom stereocenters. The Hall–Kier alpha value is -3.32. The van der Waals surface area contributed by atoms with Gasteiger partial charge in [0.1, 0.15) is 16.5 Å². The second-order valence-electron chi connectivity index (χ2n) is 5.43. The van der Waals surface area contributed by atoms with Gasteiger partial charge in [-0.05, 0) is 24.3 Å².